The van der Waals surface area contributed by atoms with Crippen molar-refractivity contribution in [2.75, 3.05) is 0 Å². The summed E-state index contributed by atoms with van der Waals surface area (Å²) in [5, 5.41) is 0. The molecule has 1 nitrogen and oxygen atoms in total. The molecular weight excluding hydrogens is 134 g/mol. The Hall–Kier alpha value is -0.590. The first-order chi connectivity index (χ1) is 5.36. The van der Waals surface area contributed by atoms with Gasteiger partial charge in [-0.05, 0) is 43.6 Å². The molecule has 2 rings (SSSR count). The molecule has 1 aliphatic carbocycles. The molecule has 1 aliphatic heterocycles. The molecule has 0 aromatic rings. The minimum Gasteiger partial charge on any atom is -0.266 e. The van der Waals surface area contributed by atoms with Gasteiger partial charge in [-0.3, -0.25) is 4.99 Å². The van der Waals surface area contributed by atoms with Gasteiger partial charge in [0.05, 0.1) is 0 Å². The van der Waals surface area contributed by atoms with Gasteiger partial charge in [-0.1, -0.05) is 6.92 Å². The molecule has 60 valence electrons. The molecule has 1 unspecified atom stereocenters. The second kappa shape index (κ2) is 2.80. The number of aliphatic imine (C=N–C) groups is 1. The van der Waals surface area contributed by atoms with E-state index >= 15 is 0 Å². The van der Waals surface area contributed by atoms with Crippen LogP contribution >= 0.6 is 0 Å². The summed E-state index contributed by atoms with van der Waals surface area (Å²) in [4.78, 5) is 4.44. The molecule has 1 atom stereocenters. The van der Waals surface area contributed by atoms with Crippen molar-refractivity contribution in [2.24, 2.45) is 10.9 Å². The first kappa shape index (κ1) is 7.08. The largest absolute Gasteiger partial charge is 0.266 e. The molecule has 0 aromatic carbocycles. The highest BCUT2D eigenvalue weighted by Gasteiger charge is 2.18. The van der Waals surface area contributed by atoms with E-state index in [1.165, 1.54) is 37.8 Å². The van der Waals surface area contributed by atoms with Crippen LogP contribution in [0.5, 0.6) is 0 Å². The molecule has 0 saturated heterocycles. The third-order valence-electron chi connectivity index (χ3n) is 2.70. The lowest BCUT2D eigenvalue weighted by Gasteiger charge is -2.24. The van der Waals surface area contributed by atoms with Crippen LogP contribution in [0.2, 0.25) is 0 Å². The summed E-state index contributed by atoms with van der Waals surface area (Å²) in [5.41, 5.74) is 3.06. The number of nitrogens with zero attached hydrogens (tertiary/aromatic N) is 1. The Morgan fingerprint density at radius 3 is 3.27 bits per heavy atom. The van der Waals surface area contributed by atoms with Crippen molar-refractivity contribution in [1.82, 2.24) is 0 Å². The van der Waals surface area contributed by atoms with Gasteiger partial charge in [0.2, 0.25) is 0 Å². The molecule has 2 aliphatic rings. The van der Waals surface area contributed by atoms with Crippen LogP contribution in [0.15, 0.2) is 16.3 Å². The molecule has 0 saturated carbocycles. The lowest BCUT2D eigenvalue weighted by atomic mass is 9.85. The van der Waals surface area contributed by atoms with Crippen LogP contribution in [0.3, 0.4) is 0 Å². The average molecular weight is 149 g/mol. The molecule has 1 heteroatoms. The highest BCUT2D eigenvalue weighted by Crippen LogP contribution is 2.33. The Balaban J connectivity index is 2.19. The van der Waals surface area contributed by atoms with E-state index in [4.69, 9.17) is 0 Å². The van der Waals surface area contributed by atoms with Gasteiger partial charge in [0.1, 0.15) is 0 Å². The summed E-state index contributed by atoms with van der Waals surface area (Å²) in [6.07, 6.45) is 8.42. The summed E-state index contributed by atoms with van der Waals surface area (Å²) in [6, 6.07) is 0. The predicted octanol–water partition coefficient (Wildman–Crippen LogP) is 2.93. The van der Waals surface area contributed by atoms with Gasteiger partial charge in [-0.25, -0.2) is 0 Å². The van der Waals surface area contributed by atoms with Gasteiger partial charge in [-0.2, -0.15) is 0 Å². The van der Waals surface area contributed by atoms with Crippen LogP contribution in [0.25, 0.3) is 0 Å². The highest BCUT2D eigenvalue weighted by molar-refractivity contribution is 5.61. The summed E-state index contributed by atoms with van der Waals surface area (Å²) < 4.78 is 0. The van der Waals surface area contributed by atoms with Crippen LogP contribution < -0.4 is 0 Å². The van der Waals surface area contributed by atoms with Crippen LogP contribution in [0.4, 0.5) is 0 Å². The Bertz CT molecular complexity index is 213. The number of hydrogen-bond donors (Lipinski definition) is 0. The fraction of sp³-hybridized carbons (Fsp3) is 0.700. The van der Waals surface area contributed by atoms with E-state index in [0.717, 1.165) is 5.92 Å². The minimum absolute atomic E-state index is 0.905. The van der Waals surface area contributed by atoms with Crippen LogP contribution in [-0.2, 0) is 0 Å². The van der Waals surface area contributed by atoms with Crippen LogP contribution in [0.1, 0.15) is 39.0 Å². The van der Waals surface area contributed by atoms with Gasteiger partial charge in [0.25, 0.3) is 0 Å². The summed E-state index contributed by atoms with van der Waals surface area (Å²) in [7, 11) is 0. The average Bonchev–Trinajstić information content (AvgIpc) is 2.04. The normalized spacial score (nSPS) is 30.5. The van der Waals surface area contributed by atoms with E-state index in [9.17, 15) is 0 Å². The van der Waals surface area contributed by atoms with Gasteiger partial charge in [-0.15, -0.1) is 0 Å². The van der Waals surface area contributed by atoms with Gasteiger partial charge in [0.15, 0.2) is 0 Å². The van der Waals surface area contributed by atoms with Crippen LogP contribution in [-0.4, -0.2) is 6.21 Å². The third kappa shape index (κ3) is 1.37. The second-order valence-electron chi connectivity index (χ2n) is 3.75. The van der Waals surface area contributed by atoms with E-state index in [0.29, 0.717) is 0 Å². The zero-order chi connectivity index (χ0) is 7.68. The van der Waals surface area contributed by atoms with Crippen LogP contribution in [0, 0.1) is 5.92 Å². The Labute approximate surface area is 68.2 Å². The topological polar surface area (TPSA) is 12.4 Å². The van der Waals surface area contributed by atoms with Gasteiger partial charge in [0, 0.05) is 11.9 Å². The molecule has 0 spiro atoms. The zero-order valence-electron chi connectivity index (χ0n) is 7.14. The van der Waals surface area contributed by atoms with Gasteiger partial charge < -0.3 is 0 Å². The fourth-order valence-electron chi connectivity index (χ4n) is 2.02. The molecule has 1 heterocycles. The zero-order valence-corrected chi connectivity index (χ0v) is 7.14. The molecule has 0 amide bonds. The lowest BCUT2D eigenvalue weighted by molar-refractivity contribution is 0.482. The molecule has 11 heavy (non-hydrogen) atoms. The van der Waals surface area contributed by atoms with Crippen molar-refractivity contribution in [2.45, 2.75) is 39.0 Å². The summed E-state index contributed by atoms with van der Waals surface area (Å²) >= 11 is 0. The van der Waals surface area contributed by atoms with E-state index in [-0.39, 0.29) is 0 Å². The second-order valence-corrected chi connectivity index (χ2v) is 3.75. The van der Waals surface area contributed by atoms with E-state index in [1.807, 2.05) is 0 Å². The summed E-state index contributed by atoms with van der Waals surface area (Å²) in [5.74, 6) is 0.905. The van der Waals surface area contributed by atoms with Crippen molar-refractivity contribution in [3.8, 4) is 0 Å². The maximum atomic E-state index is 4.44. The fourth-order valence-corrected chi connectivity index (χ4v) is 2.02. The van der Waals surface area contributed by atoms with E-state index in [2.05, 4.69) is 18.1 Å². The standard InChI is InChI=1S/C10H15N/c1-8-4-5-10-9(7-8)3-2-6-11-10/h6,8H,2-5,7H2,1H3. The maximum absolute atomic E-state index is 4.44. The monoisotopic (exact) mass is 149 g/mol. The molecular formula is C10H15N. The molecule has 0 N–H and O–H groups in total. The number of rotatable bonds is 0. The van der Waals surface area contributed by atoms with Crippen molar-refractivity contribution in [3.63, 3.8) is 0 Å². The SMILES string of the molecule is CC1CCC2=C(CCC=N2)C1. The molecule has 0 bridgehead atoms. The van der Waals surface area contributed by atoms with Crippen molar-refractivity contribution in [1.29, 1.82) is 0 Å². The minimum atomic E-state index is 0.905. The third-order valence-corrected chi connectivity index (χ3v) is 2.70. The number of hydrogen-bond acceptors (Lipinski definition) is 1. The van der Waals surface area contributed by atoms with Crippen molar-refractivity contribution >= 4 is 6.21 Å². The quantitative estimate of drug-likeness (QED) is 0.502. The molecule has 0 fully saturated rings. The Kier molecular flexibility index (Phi) is 1.80. The summed E-state index contributed by atoms with van der Waals surface area (Å²) in [6.45, 7) is 2.35. The number of allylic oxidation sites excluding steroid dienone is 2. The highest BCUT2D eigenvalue weighted by atomic mass is 14.7. The predicted molar refractivity (Wildman–Crippen MR) is 47.8 cm³/mol. The lowest BCUT2D eigenvalue weighted by Crippen LogP contribution is -2.09. The first-order valence-corrected chi connectivity index (χ1v) is 4.59. The molecule has 0 aromatic heterocycles. The first-order valence-electron chi connectivity index (χ1n) is 4.59. The van der Waals surface area contributed by atoms with Gasteiger partial charge >= 0.3 is 0 Å². The van der Waals surface area contributed by atoms with E-state index in [1.54, 1.807) is 5.57 Å². The Morgan fingerprint density at radius 1 is 1.45 bits per heavy atom. The van der Waals surface area contributed by atoms with Crippen molar-refractivity contribution in [3.05, 3.63) is 11.3 Å². The van der Waals surface area contributed by atoms with Crippen molar-refractivity contribution < 1.29 is 0 Å². The molecule has 0 radical (unpaired) electrons. The van der Waals surface area contributed by atoms with E-state index < -0.39 is 0 Å². The smallest absolute Gasteiger partial charge is 0.0392 e. The Morgan fingerprint density at radius 2 is 2.36 bits per heavy atom. The maximum Gasteiger partial charge on any atom is 0.0392 e.